The molecule has 0 atom stereocenters. The molecule has 1 aromatic carbocycles. The Morgan fingerprint density at radius 3 is 2.50 bits per heavy atom. The number of piperidine rings is 1. The number of anilines is 1. The summed E-state index contributed by atoms with van der Waals surface area (Å²) in [6, 6.07) is 5.32. The largest absolute Gasteiger partial charge is 0.460 e. The molecule has 1 aromatic rings. The number of quaternary nitrogens is 1. The fraction of sp³-hybridized carbons (Fsp3) is 0.588. The summed E-state index contributed by atoms with van der Waals surface area (Å²) in [5.41, 5.74) is 0.923. The molecule has 1 aliphatic heterocycles. The van der Waals surface area contributed by atoms with E-state index in [0.717, 1.165) is 11.2 Å². The van der Waals surface area contributed by atoms with Gasteiger partial charge in [0, 0.05) is 25.2 Å². The van der Waals surface area contributed by atoms with Crippen molar-refractivity contribution in [2.75, 3.05) is 18.0 Å². The van der Waals surface area contributed by atoms with Crippen LogP contribution < -0.4 is 10.4 Å². The molecule has 6 nitrogen and oxygen atoms in total. The molecule has 1 saturated heterocycles. The Bertz CT molecular complexity index is 593. The number of aliphatic hydroxyl groups is 1. The molecule has 24 heavy (non-hydrogen) atoms. The van der Waals surface area contributed by atoms with Gasteiger partial charge in [-0.3, -0.25) is 4.79 Å². The quantitative estimate of drug-likeness (QED) is 0.436. The molecule has 1 aliphatic rings. The minimum Gasteiger partial charge on any atom is -0.460 e. The first-order valence-electron chi connectivity index (χ1n) is 8.08. The van der Waals surface area contributed by atoms with E-state index in [1.54, 1.807) is 12.1 Å². The second kappa shape index (κ2) is 7.27. The number of nitrogens with two attached hydrogens (primary N) is 1. The van der Waals surface area contributed by atoms with Crippen molar-refractivity contribution in [3.63, 3.8) is 0 Å². The minimum absolute atomic E-state index is 0.00422. The number of ether oxygens (including phenoxy) is 1. The van der Waals surface area contributed by atoms with Crippen molar-refractivity contribution in [3.8, 4) is 0 Å². The van der Waals surface area contributed by atoms with Crippen LogP contribution in [0.25, 0.3) is 0 Å². The summed E-state index contributed by atoms with van der Waals surface area (Å²) in [5.74, 6) is -0.376. The Labute approximate surface area is 147 Å². The second-order valence-corrected chi connectivity index (χ2v) is 7.72. The number of benzene rings is 1. The average Bonchev–Trinajstić information content (AvgIpc) is 2.46. The maximum atomic E-state index is 12.0. The maximum Gasteiger partial charge on any atom is 0.309 e. The smallest absolute Gasteiger partial charge is 0.309 e. The van der Waals surface area contributed by atoms with Gasteiger partial charge in [0.2, 0.25) is 0 Å². The highest BCUT2D eigenvalue weighted by Crippen LogP contribution is 2.33. The van der Waals surface area contributed by atoms with Crippen LogP contribution in [-0.2, 0) is 9.53 Å². The van der Waals surface area contributed by atoms with Crippen molar-refractivity contribution in [2.45, 2.75) is 51.2 Å². The molecule has 0 radical (unpaired) electrons. The normalized spacial score (nSPS) is 17.7. The van der Waals surface area contributed by atoms with Crippen molar-refractivity contribution in [3.05, 3.63) is 23.2 Å². The van der Waals surface area contributed by atoms with E-state index in [0.29, 0.717) is 36.6 Å². The molecular weight excluding hydrogens is 332 g/mol. The standard InChI is InChI=1S/C17H25ClN2O4/c1-16(2,3)24-15(21)11-17(22)6-8-20(9-7-17)14-5-4-12(19-23)10-13(14)18/h4-5,10,19,22-23H,6-9,11H2,1-3H3/p+1. The Kier molecular flexibility index (Phi) is 5.75. The zero-order valence-corrected chi connectivity index (χ0v) is 15.1. The van der Waals surface area contributed by atoms with Gasteiger partial charge in [0.15, 0.2) is 5.69 Å². The lowest BCUT2D eigenvalue weighted by molar-refractivity contribution is -0.825. The van der Waals surface area contributed by atoms with Crippen molar-refractivity contribution in [1.29, 1.82) is 0 Å². The SMILES string of the molecule is CC(C)(C)OC(=O)CC1(O)CCN(c2ccc([NH2+]O)cc2Cl)CC1. The van der Waals surface area contributed by atoms with E-state index in [-0.39, 0.29) is 12.4 Å². The number of esters is 1. The predicted molar refractivity (Wildman–Crippen MR) is 91.7 cm³/mol. The predicted octanol–water partition coefficient (Wildman–Crippen LogP) is 1.99. The van der Waals surface area contributed by atoms with Crippen LogP contribution in [0.3, 0.4) is 0 Å². The Morgan fingerprint density at radius 2 is 2.00 bits per heavy atom. The van der Waals surface area contributed by atoms with Crippen molar-refractivity contribution in [1.82, 2.24) is 0 Å². The first-order valence-corrected chi connectivity index (χ1v) is 8.46. The van der Waals surface area contributed by atoms with Gasteiger partial charge in [-0.1, -0.05) is 11.6 Å². The third kappa shape index (κ3) is 5.08. The van der Waals surface area contributed by atoms with E-state index >= 15 is 0 Å². The summed E-state index contributed by atoms with van der Waals surface area (Å²) in [6.45, 7) is 6.63. The van der Waals surface area contributed by atoms with Crippen LogP contribution in [0.2, 0.25) is 5.02 Å². The molecule has 0 bridgehead atoms. The van der Waals surface area contributed by atoms with E-state index in [4.69, 9.17) is 21.5 Å². The lowest BCUT2D eigenvalue weighted by Crippen LogP contribution is -2.73. The molecule has 0 amide bonds. The molecule has 4 N–H and O–H groups in total. The summed E-state index contributed by atoms with van der Waals surface area (Å²) in [7, 11) is 0. The van der Waals surface area contributed by atoms with E-state index in [9.17, 15) is 9.90 Å². The van der Waals surface area contributed by atoms with E-state index in [1.807, 2.05) is 26.8 Å². The summed E-state index contributed by atoms with van der Waals surface area (Å²) in [5, 5.41) is 20.2. The highest BCUT2D eigenvalue weighted by molar-refractivity contribution is 6.33. The summed E-state index contributed by atoms with van der Waals surface area (Å²) >= 11 is 6.26. The van der Waals surface area contributed by atoms with Crippen LogP contribution in [0, 0.1) is 0 Å². The summed E-state index contributed by atoms with van der Waals surface area (Å²) in [4.78, 5) is 14.0. The highest BCUT2D eigenvalue weighted by Gasteiger charge is 2.36. The van der Waals surface area contributed by atoms with Crippen LogP contribution in [-0.4, -0.2) is 40.6 Å². The number of carbonyl (C=O) groups is 1. The number of hydrogen-bond donors (Lipinski definition) is 3. The zero-order chi connectivity index (χ0) is 18.0. The van der Waals surface area contributed by atoms with Gasteiger partial charge in [-0.05, 0) is 39.7 Å². The number of nitrogens with zero attached hydrogens (tertiary/aromatic N) is 1. The number of halogens is 1. The molecule has 134 valence electrons. The Morgan fingerprint density at radius 1 is 1.38 bits per heavy atom. The molecule has 7 heteroatoms. The molecule has 1 heterocycles. The van der Waals surface area contributed by atoms with Crippen LogP contribution in [0.5, 0.6) is 0 Å². The van der Waals surface area contributed by atoms with Crippen molar-refractivity contribution in [2.24, 2.45) is 0 Å². The van der Waals surface area contributed by atoms with Gasteiger partial charge in [0.1, 0.15) is 5.60 Å². The maximum absolute atomic E-state index is 12.0. The fourth-order valence-electron chi connectivity index (χ4n) is 2.85. The summed E-state index contributed by atoms with van der Waals surface area (Å²) in [6.07, 6.45) is 0.942. The lowest BCUT2D eigenvalue weighted by Gasteiger charge is -2.39. The van der Waals surface area contributed by atoms with Crippen molar-refractivity contribution < 1.29 is 25.3 Å². The van der Waals surface area contributed by atoms with Gasteiger partial charge < -0.3 is 14.7 Å². The van der Waals surface area contributed by atoms with Gasteiger partial charge in [-0.25, -0.2) is 5.21 Å². The molecule has 0 spiro atoms. The van der Waals surface area contributed by atoms with Gasteiger partial charge in [-0.15, -0.1) is 0 Å². The molecule has 1 fully saturated rings. The van der Waals surface area contributed by atoms with Crippen LogP contribution >= 0.6 is 11.6 Å². The number of rotatable bonds is 4. The molecule has 2 rings (SSSR count). The fourth-order valence-corrected chi connectivity index (χ4v) is 3.16. The monoisotopic (exact) mass is 357 g/mol. The Balaban J connectivity index is 1.96. The minimum atomic E-state index is -1.04. The number of carbonyl (C=O) groups excluding carboxylic acids is 1. The summed E-state index contributed by atoms with van der Waals surface area (Å²) < 4.78 is 5.30. The zero-order valence-electron chi connectivity index (χ0n) is 14.4. The van der Waals surface area contributed by atoms with Gasteiger partial charge in [0.05, 0.1) is 22.7 Å². The molecule has 0 aromatic heterocycles. The number of hydrogen-bond acceptors (Lipinski definition) is 5. The van der Waals surface area contributed by atoms with Gasteiger partial charge >= 0.3 is 5.97 Å². The first kappa shape index (κ1) is 19.0. The van der Waals surface area contributed by atoms with Crippen LogP contribution in [0.1, 0.15) is 40.0 Å². The third-order valence-corrected chi connectivity index (χ3v) is 4.35. The van der Waals surface area contributed by atoms with Crippen LogP contribution in [0.4, 0.5) is 11.4 Å². The first-order chi connectivity index (χ1) is 11.1. The average molecular weight is 358 g/mol. The lowest BCUT2D eigenvalue weighted by atomic mass is 9.88. The molecule has 0 saturated carbocycles. The second-order valence-electron chi connectivity index (χ2n) is 7.31. The van der Waals surface area contributed by atoms with E-state index in [2.05, 4.69) is 4.90 Å². The van der Waals surface area contributed by atoms with Crippen LogP contribution in [0.15, 0.2) is 18.2 Å². The molecule has 0 aliphatic carbocycles. The Hall–Kier alpha value is -1.34. The molecular formula is C17H26ClN2O4+. The van der Waals surface area contributed by atoms with Gasteiger partial charge in [0.25, 0.3) is 0 Å². The van der Waals surface area contributed by atoms with Crippen molar-refractivity contribution >= 4 is 28.9 Å². The molecule has 0 unspecified atom stereocenters. The van der Waals surface area contributed by atoms with Gasteiger partial charge in [-0.2, -0.15) is 5.48 Å². The van der Waals surface area contributed by atoms with E-state index in [1.165, 1.54) is 0 Å². The topological polar surface area (TPSA) is 86.6 Å². The third-order valence-electron chi connectivity index (χ3n) is 4.05. The highest BCUT2D eigenvalue weighted by atomic mass is 35.5. The van der Waals surface area contributed by atoms with E-state index < -0.39 is 11.2 Å².